The van der Waals surface area contributed by atoms with Crippen molar-refractivity contribution in [2.75, 3.05) is 32.0 Å². The first-order valence-corrected chi connectivity index (χ1v) is 10.7. The summed E-state index contributed by atoms with van der Waals surface area (Å²) < 4.78 is 15.4. The summed E-state index contributed by atoms with van der Waals surface area (Å²) in [7, 11) is 4.42. The fourth-order valence-electron chi connectivity index (χ4n) is 3.30. The van der Waals surface area contributed by atoms with Gasteiger partial charge in [-0.3, -0.25) is 0 Å². The quantitative estimate of drug-likeness (QED) is 0.408. The third kappa shape index (κ3) is 6.03. The Morgan fingerprint density at radius 2 is 1.65 bits per heavy atom. The van der Waals surface area contributed by atoms with Crippen LogP contribution in [-0.4, -0.2) is 49.3 Å². The predicted molar refractivity (Wildman–Crippen MR) is 129 cm³/mol. The van der Waals surface area contributed by atoms with E-state index in [4.69, 9.17) is 14.2 Å². The number of aromatic nitrogens is 2. The number of esters is 1. The van der Waals surface area contributed by atoms with E-state index in [1.807, 2.05) is 38.1 Å². The first-order valence-electron chi connectivity index (χ1n) is 10.7. The fourth-order valence-corrected chi connectivity index (χ4v) is 3.30. The second-order valence-electron chi connectivity index (χ2n) is 7.80. The van der Waals surface area contributed by atoms with Gasteiger partial charge in [0.1, 0.15) is 23.4 Å². The van der Waals surface area contributed by atoms with E-state index in [-0.39, 0.29) is 18.4 Å². The van der Waals surface area contributed by atoms with E-state index in [0.29, 0.717) is 34.3 Å². The second-order valence-corrected chi connectivity index (χ2v) is 7.80. The summed E-state index contributed by atoms with van der Waals surface area (Å²) >= 11 is 0. The second kappa shape index (κ2) is 11.2. The molecule has 2 aromatic carbocycles. The SMILES string of the molecule is COC(=O)[C@@H](Nc1nc(CNC(=O)Nc2cc(OC)cc(OC)c2)nc2ccccc12)C(C)C. The topological polar surface area (TPSA) is 124 Å². The number of hydrogen-bond donors (Lipinski definition) is 3. The normalized spacial score (nSPS) is 11.6. The van der Waals surface area contributed by atoms with Crippen molar-refractivity contribution in [2.45, 2.75) is 26.4 Å². The number of nitrogens with zero attached hydrogens (tertiary/aromatic N) is 2. The molecule has 2 amide bonds. The molecule has 3 N–H and O–H groups in total. The van der Waals surface area contributed by atoms with Gasteiger partial charge in [0.15, 0.2) is 5.82 Å². The average molecular weight is 468 g/mol. The van der Waals surface area contributed by atoms with Gasteiger partial charge in [-0.05, 0) is 18.1 Å². The minimum atomic E-state index is -0.588. The fraction of sp³-hybridized carbons (Fsp3) is 0.333. The van der Waals surface area contributed by atoms with Gasteiger partial charge in [-0.15, -0.1) is 0 Å². The van der Waals surface area contributed by atoms with Crippen molar-refractivity contribution in [3.8, 4) is 11.5 Å². The first-order chi connectivity index (χ1) is 16.3. The summed E-state index contributed by atoms with van der Waals surface area (Å²) in [6.07, 6.45) is 0. The molecule has 180 valence electrons. The number of para-hydroxylation sites is 1. The zero-order valence-corrected chi connectivity index (χ0v) is 19.8. The number of anilines is 2. The molecule has 10 heteroatoms. The maximum absolute atomic E-state index is 12.5. The van der Waals surface area contributed by atoms with E-state index in [1.165, 1.54) is 21.3 Å². The maximum atomic E-state index is 12.5. The third-order valence-corrected chi connectivity index (χ3v) is 5.08. The van der Waals surface area contributed by atoms with Crippen LogP contribution in [0, 0.1) is 5.92 Å². The Bertz CT molecular complexity index is 1150. The van der Waals surface area contributed by atoms with Crippen LogP contribution in [-0.2, 0) is 16.1 Å². The van der Waals surface area contributed by atoms with Crippen LogP contribution in [0.1, 0.15) is 19.7 Å². The van der Waals surface area contributed by atoms with E-state index >= 15 is 0 Å². The van der Waals surface area contributed by atoms with Crippen LogP contribution < -0.4 is 25.4 Å². The van der Waals surface area contributed by atoms with Gasteiger partial charge in [0, 0.05) is 29.3 Å². The van der Waals surface area contributed by atoms with Crippen molar-refractivity contribution in [2.24, 2.45) is 5.92 Å². The average Bonchev–Trinajstić information content (AvgIpc) is 2.84. The van der Waals surface area contributed by atoms with Crippen molar-refractivity contribution in [1.29, 1.82) is 0 Å². The molecule has 0 saturated carbocycles. The molecule has 0 fully saturated rings. The molecule has 10 nitrogen and oxygen atoms in total. The van der Waals surface area contributed by atoms with Crippen molar-refractivity contribution in [3.05, 3.63) is 48.3 Å². The van der Waals surface area contributed by atoms with E-state index in [0.717, 1.165) is 5.39 Å². The highest BCUT2D eigenvalue weighted by atomic mass is 16.5. The molecule has 3 aromatic rings. The smallest absolute Gasteiger partial charge is 0.328 e. The summed E-state index contributed by atoms with van der Waals surface area (Å²) in [4.78, 5) is 33.8. The molecular weight excluding hydrogens is 438 g/mol. The van der Waals surface area contributed by atoms with Crippen molar-refractivity contribution < 1.29 is 23.8 Å². The Kier molecular flexibility index (Phi) is 8.07. The van der Waals surface area contributed by atoms with E-state index in [1.54, 1.807) is 18.2 Å². The number of methoxy groups -OCH3 is 3. The highest BCUT2D eigenvalue weighted by Gasteiger charge is 2.24. The molecule has 34 heavy (non-hydrogen) atoms. The lowest BCUT2D eigenvalue weighted by molar-refractivity contribution is -0.142. The summed E-state index contributed by atoms with van der Waals surface area (Å²) in [5.41, 5.74) is 1.19. The van der Waals surface area contributed by atoms with Crippen molar-refractivity contribution in [1.82, 2.24) is 15.3 Å². The first kappa shape index (κ1) is 24.6. The summed E-state index contributed by atoms with van der Waals surface area (Å²) in [6.45, 7) is 3.90. The molecule has 1 heterocycles. The number of fused-ring (bicyclic) bond motifs is 1. The van der Waals surface area contributed by atoms with Gasteiger partial charge in [0.25, 0.3) is 0 Å². The highest BCUT2D eigenvalue weighted by molar-refractivity contribution is 5.92. The van der Waals surface area contributed by atoms with E-state index in [2.05, 4.69) is 25.9 Å². The van der Waals surface area contributed by atoms with Gasteiger partial charge in [-0.25, -0.2) is 19.6 Å². The number of amides is 2. The van der Waals surface area contributed by atoms with Crippen LogP contribution in [0.15, 0.2) is 42.5 Å². The van der Waals surface area contributed by atoms with Gasteiger partial charge in [0.05, 0.1) is 33.4 Å². The molecule has 0 aliphatic carbocycles. The number of nitrogens with one attached hydrogen (secondary N) is 3. The van der Waals surface area contributed by atoms with Crippen LogP contribution in [0.3, 0.4) is 0 Å². The van der Waals surface area contributed by atoms with E-state index < -0.39 is 12.1 Å². The minimum absolute atomic E-state index is 0.0339. The van der Waals surface area contributed by atoms with Gasteiger partial charge >= 0.3 is 12.0 Å². The maximum Gasteiger partial charge on any atom is 0.328 e. The van der Waals surface area contributed by atoms with Crippen LogP contribution in [0.2, 0.25) is 0 Å². The minimum Gasteiger partial charge on any atom is -0.497 e. The lowest BCUT2D eigenvalue weighted by Gasteiger charge is -2.21. The highest BCUT2D eigenvalue weighted by Crippen LogP contribution is 2.26. The van der Waals surface area contributed by atoms with E-state index in [9.17, 15) is 9.59 Å². The Hall–Kier alpha value is -4.08. The van der Waals surface area contributed by atoms with Gasteiger partial charge < -0.3 is 30.2 Å². The number of benzene rings is 2. The molecule has 0 aliphatic rings. The lowest BCUT2D eigenvalue weighted by atomic mass is 10.0. The summed E-state index contributed by atoms with van der Waals surface area (Å²) in [6, 6.07) is 11.5. The monoisotopic (exact) mass is 467 g/mol. The Balaban J connectivity index is 1.78. The number of carbonyl (C=O) groups excluding carboxylic acids is 2. The molecule has 1 atom stereocenters. The lowest BCUT2D eigenvalue weighted by Crippen LogP contribution is -2.36. The van der Waals surface area contributed by atoms with Crippen LogP contribution in [0.25, 0.3) is 10.9 Å². The Labute approximate surface area is 198 Å². The molecule has 0 saturated heterocycles. The molecule has 0 aliphatic heterocycles. The molecule has 0 bridgehead atoms. The molecular formula is C24H29N5O5. The standard InChI is InChI=1S/C24H29N5O5/c1-14(2)21(23(30)34-5)29-22-18-8-6-7-9-19(18)27-20(28-22)13-25-24(31)26-15-10-16(32-3)12-17(11-15)33-4/h6-12,14,21H,13H2,1-5H3,(H2,25,26,31)(H,27,28,29)/t21-/m0/s1. The number of ether oxygens (including phenoxy) is 3. The molecule has 1 aromatic heterocycles. The summed E-state index contributed by atoms with van der Waals surface area (Å²) in [5, 5.41) is 9.43. The number of carbonyl (C=O) groups is 2. The van der Waals surface area contributed by atoms with Crippen LogP contribution in [0.5, 0.6) is 11.5 Å². The zero-order valence-electron chi connectivity index (χ0n) is 19.8. The molecule has 0 spiro atoms. The third-order valence-electron chi connectivity index (χ3n) is 5.08. The molecule has 0 unspecified atom stereocenters. The van der Waals surface area contributed by atoms with Crippen LogP contribution >= 0.6 is 0 Å². The van der Waals surface area contributed by atoms with Crippen molar-refractivity contribution >= 4 is 34.4 Å². The molecule has 0 radical (unpaired) electrons. The largest absolute Gasteiger partial charge is 0.497 e. The van der Waals surface area contributed by atoms with Gasteiger partial charge in [-0.1, -0.05) is 26.0 Å². The Morgan fingerprint density at radius 1 is 0.971 bits per heavy atom. The zero-order chi connectivity index (χ0) is 24.7. The number of hydrogen-bond acceptors (Lipinski definition) is 8. The number of rotatable bonds is 9. The Morgan fingerprint density at radius 3 is 2.26 bits per heavy atom. The van der Waals surface area contributed by atoms with Crippen LogP contribution in [0.4, 0.5) is 16.3 Å². The predicted octanol–water partition coefficient (Wildman–Crippen LogP) is 3.58. The van der Waals surface area contributed by atoms with Gasteiger partial charge in [-0.2, -0.15) is 0 Å². The van der Waals surface area contributed by atoms with Gasteiger partial charge in [0.2, 0.25) is 0 Å². The van der Waals surface area contributed by atoms with Crippen molar-refractivity contribution in [3.63, 3.8) is 0 Å². The molecule has 3 rings (SSSR count). The summed E-state index contributed by atoms with van der Waals surface area (Å²) in [5.74, 6) is 1.55. The number of urea groups is 1.